The van der Waals surface area contributed by atoms with Crippen molar-refractivity contribution in [2.75, 3.05) is 49.1 Å². The van der Waals surface area contributed by atoms with Crippen LogP contribution in [0.15, 0.2) is 42.6 Å². The van der Waals surface area contributed by atoms with E-state index in [1.54, 1.807) is 17.5 Å². The average Bonchev–Trinajstić information content (AvgIpc) is 3.23. The summed E-state index contributed by atoms with van der Waals surface area (Å²) in [5.74, 6) is 0.429. The lowest BCUT2D eigenvalue weighted by Gasteiger charge is -2.39. The van der Waals surface area contributed by atoms with Crippen LogP contribution in [0.3, 0.4) is 0 Å². The number of hydrogen-bond acceptors (Lipinski definition) is 6. The minimum atomic E-state index is 0.117. The third-order valence-corrected chi connectivity index (χ3v) is 7.31. The van der Waals surface area contributed by atoms with Crippen molar-refractivity contribution in [2.45, 2.75) is 12.8 Å². The van der Waals surface area contributed by atoms with Gasteiger partial charge >= 0.3 is 0 Å². The smallest absolute Gasteiger partial charge is 0.225 e. The molecule has 2 aromatic heterocycles. The summed E-state index contributed by atoms with van der Waals surface area (Å²) in [5.41, 5.74) is 2.08. The highest BCUT2D eigenvalue weighted by atomic mass is 35.5. The number of carbonyl (C=O) groups is 1. The molecule has 1 aromatic carbocycles. The summed E-state index contributed by atoms with van der Waals surface area (Å²) in [7, 11) is 0. The lowest BCUT2D eigenvalue weighted by molar-refractivity contribution is -0.136. The van der Waals surface area contributed by atoms with E-state index >= 15 is 0 Å². The predicted molar refractivity (Wildman–Crippen MR) is 123 cm³/mol. The first-order valence-corrected chi connectivity index (χ1v) is 11.6. The number of piperazine rings is 1. The minimum Gasteiger partial charge on any atom is -0.368 e. The van der Waals surface area contributed by atoms with Crippen molar-refractivity contribution in [2.24, 2.45) is 5.92 Å². The van der Waals surface area contributed by atoms with Crippen LogP contribution in [0.2, 0.25) is 5.02 Å². The largest absolute Gasteiger partial charge is 0.368 e. The topological polar surface area (TPSA) is 52.6 Å². The second-order valence-electron chi connectivity index (χ2n) is 7.88. The van der Waals surface area contributed by atoms with Crippen molar-refractivity contribution in [1.29, 1.82) is 0 Å². The molecule has 0 N–H and O–H groups in total. The van der Waals surface area contributed by atoms with Crippen molar-refractivity contribution in [3.8, 4) is 0 Å². The minimum absolute atomic E-state index is 0.117. The van der Waals surface area contributed by atoms with Gasteiger partial charge in [-0.3, -0.25) is 4.79 Å². The third-order valence-electron chi connectivity index (χ3n) is 6.03. The number of halogens is 1. The van der Waals surface area contributed by atoms with Gasteiger partial charge < -0.3 is 14.7 Å². The van der Waals surface area contributed by atoms with E-state index in [1.807, 2.05) is 35.2 Å². The van der Waals surface area contributed by atoms with Crippen molar-refractivity contribution in [3.05, 3.63) is 47.6 Å². The monoisotopic (exact) mass is 441 g/mol. The highest BCUT2D eigenvalue weighted by Crippen LogP contribution is 2.31. The Morgan fingerprint density at radius 3 is 2.53 bits per heavy atom. The second kappa shape index (κ2) is 8.40. The number of hydrogen-bond donors (Lipinski definition) is 0. The van der Waals surface area contributed by atoms with E-state index in [9.17, 15) is 4.79 Å². The molecule has 3 aromatic rings. The molecule has 2 saturated heterocycles. The van der Waals surface area contributed by atoms with Gasteiger partial charge in [0.15, 0.2) is 5.13 Å². The van der Waals surface area contributed by atoms with Crippen LogP contribution in [-0.2, 0) is 4.79 Å². The van der Waals surface area contributed by atoms with E-state index in [0.29, 0.717) is 5.91 Å². The molecule has 2 fully saturated rings. The van der Waals surface area contributed by atoms with Crippen LogP contribution in [0.1, 0.15) is 12.8 Å². The molecule has 4 heterocycles. The van der Waals surface area contributed by atoms with Gasteiger partial charge in [-0.1, -0.05) is 29.0 Å². The van der Waals surface area contributed by atoms with Crippen LogP contribution in [-0.4, -0.2) is 60.0 Å². The Kier molecular flexibility index (Phi) is 5.48. The van der Waals surface area contributed by atoms with Crippen molar-refractivity contribution in [3.63, 3.8) is 0 Å². The van der Waals surface area contributed by atoms with E-state index in [4.69, 9.17) is 16.6 Å². The van der Waals surface area contributed by atoms with Crippen LogP contribution in [0.4, 0.5) is 10.8 Å². The number of piperidine rings is 1. The zero-order valence-corrected chi connectivity index (χ0v) is 18.3. The molecule has 2 aliphatic rings. The first-order valence-electron chi connectivity index (χ1n) is 10.4. The molecule has 0 radical (unpaired) electrons. The van der Waals surface area contributed by atoms with Gasteiger partial charge in [0.2, 0.25) is 5.91 Å². The van der Waals surface area contributed by atoms with Crippen LogP contribution < -0.4 is 9.80 Å². The number of amides is 1. The zero-order chi connectivity index (χ0) is 20.5. The SMILES string of the molecule is O=C(C1CCN(c2nc3cccnc3s2)CC1)N1CCN(c2cccc(Cl)c2)CC1. The molecule has 0 atom stereocenters. The molecule has 2 aliphatic heterocycles. The van der Waals surface area contributed by atoms with Gasteiger partial charge in [-0.15, -0.1) is 0 Å². The van der Waals surface area contributed by atoms with E-state index in [-0.39, 0.29) is 5.92 Å². The van der Waals surface area contributed by atoms with Gasteiger partial charge in [0.05, 0.1) is 0 Å². The van der Waals surface area contributed by atoms with E-state index in [2.05, 4.69) is 20.9 Å². The van der Waals surface area contributed by atoms with Crippen molar-refractivity contribution in [1.82, 2.24) is 14.9 Å². The van der Waals surface area contributed by atoms with Crippen molar-refractivity contribution < 1.29 is 4.79 Å². The number of rotatable bonds is 3. The predicted octanol–water partition coefficient (Wildman–Crippen LogP) is 3.91. The van der Waals surface area contributed by atoms with Crippen molar-refractivity contribution >= 4 is 50.0 Å². The molecule has 156 valence electrons. The molecule has 0 unspecified atom stereocenters. The summed E-state index contributed by atoms with van der Waals surface area (Å²) in [6.45, 7) is 4.99. The number of aromatic nitrogens is 2. The maximum Gasteiger partial charge on any atom is 0.225 e. The van der Waals surface area contributed by atoms with Gasteiger partial charge in [0.1, 0.15) is 10.3 Å². The number of anilines is 2. The molecule has 0 bridgehead atoms. The van der Waals surface area contributed by atoms with E-state index in [0.717, 1.165) is 78.3 Å². The summed E-state index contributed by atoms with van der Waals surface area (Å²) in [6, 6.07) is 11.9. The van der Waals surface area contributed by atoms with Gasteiger partial charge in [-0.25, -0.2) is 9.97 Å². The fraction of sp³-hybridized carbons (Fsp3) is 0.409. The fourth-order valence-corrected chi connectivity index (χ4v) is 5.47. The Labute approximate surface area is 185 Å². The number of fused-ring (bicyclic) bond motifs is 1. The van der Waals surface area contributed by atoms with Crippen LogP contribution in [0.25, 0.3) is 10.3 Å². The maximum atomic E-state index is 13.1. The molecule has 1 amide bonds. The summed E-state index contributed by atoms with van der Waals surface area (Å²) >= 11 is 7.76. The molecular formula is C22H24ClN5OS. The number of nitrogens with zero attached hydrogens (tertiary/aromatic N) is 5. The second-order valence-corrected chi connectivity index (χ2v) is 9.27. The summed E-state index contributed by atoms with van der Waals surface area (Å²) in [5, 5.41) is 1.77. The van der Waals surface area contributed by atoms with Gasteiger partial charge in [0, 0.05) is 62.1 Å². The first kappa shape index (κ1) is 19.6. The number of pyridine rings is 1. The third kappa shape index (κ3) is 3.96. The molecule has 0 saturated carbocycles. The number of thiazole rings is 1. The fourth-order valence-electron chi connectivity index (χ4n) is 4.33. The van der Waals surface area contributed by atoms with Crippen LogP contribution >= 0.6 is 22.9 Å². The van der Waals surface area contributed by atoms with E-state index < -0.39 is 0 Å². The summed E-state index contributed by atoms with van der Waals surface area (Å²) < 4.78 is 0. The molecule has 8 heteroatoms. The maximum absolute atomic E-state index is 13.1. The molecule has 30 heavy (non-hydrogen) atoms. The average molecular weight is 442 g/mol. The Balaban J connectivity index is 1.15. The molecule has 0 spiro atoms. The summed E-state index contributed by atoms with van der Waals surface area (Å²) in [4.78, 5) is 29.8. The standard InChI is InChI=1S/C22H24ClN5OS/c23-17-3-1-4-18(15-17)26-11-13-27(14-12-26)21(29)16-6-9-28(10-7-16)22-25-19-5-2-8-24-20(19)30-22/h1-5,8,15-16H,6-7,9-14H2. The van der Waals surface area contributed by atoms with E-state index in [1.165, 1.54) is 0 Å². The highest BCUT2D eigenvalue weighted by molar-refractivity contribution is 7.21. The van der Waals surface area contributed by atoms with Gasteiger partial charge in [0.25, 0.3) is 0 Å². The van der Waals surface area contributed by atoms with Crippen LogP contribution in [0, 0.1) is 5.92 Å². The summed E-state index contributed by atoms with van der Waals surface area (Å²) in [6.07, 6.45) is 3.58. The lowest BCUT2D eigenvalue weighted by Crippen LogP contribution is -2.51. The Bertz CT molecular complexity index is 1010. The molecule has 0 aliphatic carbocycles. The van der Waals surface area contributed by atoms with Gasteiger partial charge in [-0.2, -0.15) is 0 Å². The van der Waals surface area contributed by atoms with Gasteiger partial charge in [-0.05, 0) is 43.2 Å². The zero-order valence-electron chi connectivity index (χ0n) is 16.7. The molecule has 6 nitrogen and oxygen atoms in total. The number of carbonyl (C=O) groups excluding carboxylic acids is 1. The molecule has 5 rings (SSSR count). The number of benzene rings is 1. The van der Waals surface area contributed by atoms with Crippen LogP contribution in [0.5, 0.6) is 0 Å². The first-order chi connectivity index (χ1) is 14.7. The Morgan fingerprint density at radius 2 is 1.80 bits per heavy atom. The Hall–Kier alpha value is -2.38. The quantitative estimate of drug-likeness (QED) is 0.616. The molecular weight excluding hydrogens is 418 g/mol. The Morgan fingerprint density at radius 1 is 1.00 bits per heavy atom. The lowest BCUT2D eigenvalue weighted by atomic mass is 9.95. The highest BCUT2D eigenvalue weighted by Gasteiger charge is 2.31. The normalized spacial score (nSPS) is 18.2.